The monoisotopic (exact) mass is 128 g/mol. The van der Waals surface area contributed by atoms with Crippen molar-refractivity contribution < 1.29 is 4.39 Å². The van der Waals surface area contributed by atoms with Crippen LogP contribution >= 0.6 is 0 Å². The Balaban J connectivity index is 2.39. The summed E-state index contributed by atoms with van der Waals surface area (Å²) in [6.45, 7) is 2.19. The SMILES string of the molecule is C[C@H]1CCC=C(F)CC1. The van der Waals surface area contributed by atoms with Crippen LogP contribution in [0.25, 0.3) is 0 Å². The van der Waals surface area contributed by atoms with Gasteiger partial charge in [0.1, 0.15) is 0 Å². The van der Waals surface area contributed by atoms with Crippen LogP contribution in [0.4, 0.5) is 4.39 Å². The molecule has 0 spiro atoms. The van der Waals surface area contributed by atoms with Crippen molar-refractivity contribution in [1.82, 2.24) is 0 Å². The molecule has 0 heterocycles. The van der Waals surface area contributed by atoms with E-state index in [0.29, 0.717) is 6.42 Å². The minimum atomic E-state index is 0.0966. The first-order chi connectivity index (χ1) is 4.29. The molecule has 1 aliphatic rings. The molecule has 1 aliphatic carbocycles. The third-order valence-electron chi connectivity index (χ3n) is 1.90. The lowest BCUT2D eigenvalue weighted by Crippen LogP contribution is -1.89. The van der Waals surface area contributed by atoms with Gasteiger partial charge in [0, 0.05) is 0 Å². The molecular formula is C8H13F. The molecule has 0 unspecified atom stereocenters. The smallest absolute Gasteiger partial charge is 0.0959 e. The first-order valence-corrected chi connectivity index (χ1v) is 3.63. The molecule has 0 radical (unpaired) electrons. The van der Waals surface area contributed by atoms with E-state index in [0.717, 1.165) is 25.2 Å². The number of hydrogen-bond donors (Lipinski definition) is 0. The second kappa shape index (κ2) is 3.00. The van der Waals surface area contributed by atoms with E-state index in [4.69, 9.17) is 0 Å². The average Bonchev–Trinajstić information content (AvgIpc) is 1.97. The zero-order chi connectivity index (χ0) is 6.69. The predicted octanol–water partition coefficient (Wildman–Crippen LogP) is 3.05. The van der Waals surface area contributed by atoms with Gasteiger partial charge in [0.25, 0.3) is 0 Å². The molecule has 0 fully saturated rings. The Morgan fingerprint density at radius 1 is 1.56 bits per heavy atom. The zero-order valence-electron chi connectivity index (χ0n) is 5.86. The second-order valence-electron chi connectivity index (χ2n) is 2.87. The highest BCUT2D eigenvalue weighted by atomic mass is 19.1. The van der Waals surface area contributed by atoms with Gasteiger partial charge in [-0.15, -0.1) is 0 Å². The van der Waals surface area contributed by atoms with Crippen molar-refractivity contribution in [2.45, 2.75) is 32.6 Å². The van der Waals surface area contributed by atoms with Gasteiger partial charge in [0.15, 0.2) is 0 Å². The lowest BCUT2D eigenvalue weighted by Gasteiger charge is -2.03. The molecule has 0 aromatic heterocycles. The van der Waals surface area contributed by atoms with E-state index in [1.807, 2.05) is 0 Å². The quantitative estimate of drug-likeness (QED) is 0.470. The van der Waals surface area contributed by atoms with Crippen molar-refractivity contribution in [2.75, 3.05) is 0 Å². The number of halogens is 1. The van der Waals surface area contributed by atoms with Crippen molar-refractivity contribution in [3.8, 4) is 0 Å². The Morgan fingerprint density at radius 2 is 2.33 bits per heavy atom. The van der Waals surface area contributed by atoms with Crippen LogP contribution in [-0.2, 0) is 0 Å². The third kappa shape index (κ3) is 2.17. The minimum Gasteiger partial charge on any atom is -0.212 e. The molecule has 0 N–H and O–H groups in total. The van der Waals surface area contributed by atoms with E-state index in [-0.39, 0.29) is 5.83 Å². The summed E-state index contributed by atoms with van der Waals surface area (Å²) in [5, 5.41) is 0. The third-order valence-corrected chi connectivity index (χ3v) is 1.90. The Labute approximate surface area is 55.8 Å². The van der Waals surface area contributed by atoms with Gasteiger partial charge < -0.3 is 0 Å². The Bertz CT molecular complexity index is 116. The van der Waals surface area contributed by atoms with Crippen LogP contribution in [0.5, 0.6) is 0 Å². The Morgan fingerprint density at radius 3 is 3.11 bits per heavy atom. The van der Waals surface area contributed by atoms with E-state index in [9.17, 15) is 4.39 Å². The van der Waals surface area contributed by atoms with Crippen molar-refractivity contribution in [1.29, 1.82) is 0 Å². The van der Waals surface area contributed by atoms with Crippen molar-refractivity contribution in [3.05, 3.63) is 11.9 Å². The molecule has 0 aromatic rings. The molecule has 0 bridgehead atoms. The Hall–Kier alpha value is -0.330. The zero-order valence-corrected chi connectivity index (χ0v) is 5.86. The molecule has 1 rings (SSSR count). The highest BCUT2D eigenvalue weighted by Crippen LogP contribution is 2.22. The largest absolute Gasteiger partial charge is 0.212 e. The van der Waals surface area contributed by atoms with Crippen LogP contribution in [0.1, 0.15) is 32.6 Å². The molecule has 0 saturated carbocycles. The van der Waals surface area contributed by atoms with Gasteiger partial charge in [-0.05, 0) is 31.6 Å². The molecule has 9 heavy (non-hydrogen) atoms. The van der Waals surface area contributed by atoms with Crippen LogP contribution in [0.2, 0.25) is 0 Å². The molecule has 0 amide bonds. The fraction of sp³-hybridized carbons (Fsp3) is 0.750. The summed E-state index contributed by atoms with van der Waals surface area (Å²) in [5.41, 5.74) is 0. The van der Waals surface area contributed by atoms with Crippen molar-refractivity contribution in [2.24, 2.45) is 5.92 Å². The van der Waals surface area contributed by atoms with Crippen LogP contribution in [-0.4, -0.2) is 0 Å². The Kier molecular flexibility index (Phi) is 2.26. The lowest BCUT2D eigenvalue weighted by molar-refractivity contribution is 0.486. The van der Waals surface area contributed by atoms with Crippen LogP contribution in [0.15, 0.2) is 11.9 Å². The van der Waals surface area contributed by atoms with Crippen LogP contribution in [0, 0.1) is 5.92 Å². The molecule has 1 atom stereocenters. The van der Waals surface area contributed by atoms with Crippen molar-refractivity contribution >= 4 is 0 Å². The minimum absolute atomic E-state index is 0.0966. The number of rotatable bonds is 0. The average molecular weight is 128 g/mol. The second-order valence-corrected chi connectivity index (χ2v) is 2.87. The molecule has 52 valence electrons. The highest BCUT2D eigenvalue weighted by molar-refractivity contribution is 4.94. The summed E-state index contributed by atoms with van der Waals surface area (Å²) in [7, 11) is 0. The summed E-state index contributed by atoms with van der Waals surface area (Å²) in [4.78, 5) is 0. The van der Waals surface area contributed by atoms with E-state index in [2.05, 4.69) is 6.92 Å². The fourth-order valence-electron chi connectivity index (χ4n) is 1.16. The lowest BCUT2D eigenvalue weighted by atomic mass is 10.0. The molecule has 0 nitrogen and oxygen atoms in total. The van der Waals surface area contributed by atoms with Crippen LogP contribution in [0.3, 0.4) is 0 Å². The van der Waals surface area contributed by atoms with Gasteiger partial charge in [-0.2, -0.15) is 0 Å². The van der Waals surface area contributed by atoms with Crippen molar-refractivity contribution in [3.63, 3.8) is 0 Å². The summed E-state index contributed by atoms with van der Waals surface area (Å²) in [6.07, 6.45) is 5.52. The molecule has 0 saturated heterocycles. The van der Waals surface area contributed by atoms with Gasteiger partial charge in [-0.25, -0.2) is 4.39 Å². The molecule has 0 aliphatic heterocycles. The summed E-state index contributed by atoms with van der Waals surface area (Å²) >= 11 is 0. The van der Waals surface area contributed by atoms with E-state index in [1.165, 1.54) is 0 Å². The van der Waals surface area contributed by atoms with Gasteiger partial charge in [0.05, 0.1) is 5.83 Å². The maximum Gasteiger partial charge on any atom is 0.0959 e. The van der Waals surface area contributed by atoms with Gasteiger partial charge in [0.2, 0.25) is 0 Å². The van der Waals surface area contributed by atoms with Crippen LogP contribution < -0.4 is 0 Å². The summed E-state index contributed by atoms with van der Waals surface area (Å²) in [6, 6.07) is 0. The molecule has 0 aromatic carbocycles. The number of allylic oxidation sites excluding steroid dienone is 2. The van der Waals surface area contributed by atoms with E-state index in [1.54, 1.807) is 6.08 Å². The maximum atomic E-state index is 12.5. The number of hydrogen-bond acceptors (Lipinski definition) is 0. The summed E-state index contributed by atoms with van der Waals surface area (Å²) in [5.74, 6) is 0.814. The topological polar surface area (TPSA) is 0 Å². The van der Waals surface area contributed by atoms with E-state index >= 15 is 0 Å². The highest BCUT2D eigenvalue weighted by Gasteiger charge is 2.07. The predicted molar refractivity (Wildman–Crippen MR) is 36.8 cm³/mol. The van der Waals surface area contributed by atoms with Gasteiger partial charge >= 0.3 is 0 Å². The van der Waals surface area contributed by atoms with Gasteiger partial charge in [-0.1, -0.05) is 13.0 Å². The molecule has 1 heteroatoms. The fourth-order valence-corrected chi connectivity index (χ4v) is 1.16. The first-order valence-electron chi connectivity index (χ1n) is 3.63. The standard InChI is InChI=1S/C8H13F/c1-7-3-2-4-8(9)6-5-7/h4,7H,2-3,5-6H2,1H3/t7-/m0/s1. The molecular weight excluding hydrogens is 115 g/mol. The first kappa shape index (κ1) is 6.79. The van der Waals surface area contributed by atoms with E-state index < -0.39 is 0 Å². The maximum absolute atomic E-state index is 12.5. The summed E-state index contributed by atoms with van der Waals surface area (Å²) < 4.78 is 12.5. The van der Waals surface area contributed by atoms with Gasteiger partial charge in [-0.3, -0.25) is 0 Å². The normalized spacial score (nSPS) is 29.1.